The summed E-state index contributed by atoms with van der Waals surface area (Å²) in [6.07, 6.45) is 1.15. The largest absolute Gasteiger partial charge is 0.434 e. The van der Waals surface area contributed by atoms with Gasteiger partial charge < -0.3 is 10.1 Å². The van der Waals surface area contributed by atoms with Crippen molar-refractivity contribution in [3.05, 3.63) is 77.6 Å². The molecule has 0 radical (unpaired) electrons. The fourth-order valence-corrected chi connectivity index (χ4v) is 2.67. The summed E-state index contributed by atoms with van der Waals surface area (Å²) >= 11 is 0. The van der Waals surface area contributed by atoms with Gasteiger partial charge in [-0.15, -0.1) is 0 Å². The van der Waals surface area contributed by atoms with Crippen LogP contribution in [-0.4, -0.2) is 12.5 Å². The first-order valence-corrected chi connectivity index (χ1v) is 8.14. The molecule has 0 aliphatic rings. The lowest BCUT2D eigenvalue weighted by atomic mass is 10.0. The van der Waals surface area contributed by atoms with E-state index < -0.39 is 23.9 Å². The summed E-state index contributed by atoms with van der Waals surface area (Å²) in [5, 5.41) is 12.9. The number of hydrogen-bond donors (Lipinski definition) is 1. The van der Waals surface area contributed by atoms with Crippen molar-refractivity contribution in [2.45, 2.75) is 6.61 Å². The number of nitriles is 1. The van der Waals surface area contributed by atoms with Crippen LogP contribution in [0.15, 0.2) is 66.2 Å². The number of hydrogen-bond acceptors (Lipinski definition) is 3. The number of ether oxygens (including phenoxy) is 1. The number of nitrogens with zero attached hydrogens (tertiary/aromatic N) is 1. The van der Waals surface area contributed by atoms with Gasteiger partial charge in [0.15, 0.2) is 0 Å². The molecule has 0 aromatic heterocycles. The third-order valence-electron chi connectivity index (χ3n) is 3.92. The Balaban J connectivity index is 2.06. The second-order valence-electron chi connectivity index (χ2n) is 5.68. The fourth-order valence-electron chi connectivity index (χ4n) is 2.67. The Morgan fingerprint density at radius 3 is 2.50 bits per heavy atom. The summed E-state index contributed by atoms with van der Waals surface area (Å²) in [6.45, 7) is -3.08. The van der Waals surface area contributed by atoms with E-state index in [1.54, 1.807) is 36.4 Å². The molecule has 1 N–H and O–H groups in total. The third-order valence-corrected chi connectivity index (χ3v) is 3.92. The van der Waals surface area contributed by atoms with Crippen LogP contribution >= 0.6 is 0 Å². The Morgan fingerprint density at radius 1 is 1.07 bits per heavy atom. The molecule has 7 heteroatoms. The number of amides is 1. The number of carbonyl (C=O) groups is 1. The van der Waals surface area contributed by atoms with Crippen LogP contribution in [0.25, 0.3) is 16.8 Å². The molecule has 0 bridgehead atoms. The number of para-hydroxylation sites is 1. The van der Waals surface area contributed by atoms with E-state index in [2.05, 4.69) is 10.1 Å². The molecule has 0 aliphatic carbocycles. The molecule has 0 spiro atoms. The molecular weight excluding hydrogens is 369 g/mol. The van der Waals surface area contributed by atoms with Crippen molar-refractivity contribution in [3.8, 4) is 11.8 Å². The third kappa shape index (κ3) is 4.13. The molecule has 4 nitrogen and oxygen atoms in total. The number of fused-ring (bicyclic) bond motifs is 1. The van der Waals surface area contributed by atoms with E-state index in [0.717, 1.165) is 12.1 Å². The molecule has 0 saturated carbocycles. The van der Waals surface area contributed by atoms with E-state index in [4.69, 9.17) is 0 Å². The molecular formula is C21H13F3N2O2. The Bertz CT molecular complexity index is 1100. The fraction of sp³-hybridized carbons (Fsp3) is 0.0476. The van der Waals surface area contributed by atoms with Gasteiger partial charge in [-0.1, -0.05) is 42.5 Å². The molecule has 28 heavy (non-hydrogen) atoms. The number of rotatable bonds is 5. The second-order valence-corrected chi connectivity index (χ2v) is 5.68. The van der Waals surface area contributed by atoms with Gasteiger partial charge in [0.05, 0.1) is 5.69 Å². The van der Waals surface area contributed by atoms with Gasteiger partial charge in [-0.3, -0.25) is 4.79 Å². The van der Waals surface area contributed by atoms with Crippen molar-refractivity contribution in [1.82, 2.24) is 0 Å². The van der Waals surface area contributed by atoms with E-state index in [9.17, 15) is 23.2 Å². The van der Waals surface area contributed by atoms with Gasteiger partial charge in [0.2, 0.25) is 0 Å². The number of halogens is 3. The summed E-state index contributed by atoms with van der Waals surface area (Å²) in [7, 11) is 0. The van der Waals surface area contributed by atoms with Gasteiger partial charge in [-0.2, -0.15) is 14.0 Å². The summed E-state index contributed by atoms with van der Waals surface area (Å²) in [6, 6.07) is 17.0. The van der Waals surface area contributed by atoms with Crippen LogP contribution in [-0.2, 0) is 4.79 Å². The Labute approximate surface area is 158 Å². The average Bonchev–Trinajstić information content (AvgIpc) is 2.68. The van der Waals surface area contributed by atoms with Crippen LogP contribution in [0.2, 0.25) is 0 Å². The van der Waals surface area contributed by atoms with Crippen LogP contribution in [0.3, 0.4) is 0 Å². The van der Waals surface area contributed by atoms with Gasteiger partial charge >= 0.3 is 6.61 Å². The van der Waals surface area contributed by atoms with E-state index in [0.29, 0.717) is 10.8 Å². The molecule has 0 aliphatic heterocycles. The molecule has 0 unspecified atom stereocenters. The predicted octanol–water partition coefficient (Wildman–Crippen LogP) is 5.13. The van der Waals surface area contributed by atoms with E-state index in [1.807, 2.05) is 0 Å². The van der Waals surface area contributed by atoms with Crippen LogP contribution in [0.1, 0.15) is 5.56 Å². The Hall–Kier alpha value is -3.79. The summed E-state index contributed by atoms with van der Waals surface area (Å²) in [5.74, 6) is -1.72. The smallest absolute Gasteiger partial charge is 0.387 e. The average molecular weight is 382 g/mol. The predicted molar refractivity (Wildman–Crippen MR) is 99.2 cm³/mol. The lowest BCUT2D eigenvalue weighted by molar-refractivity contribution is -0.112. The first-order valence-electron chi connectivity index (χ1n) is 8.14. The van der Waals surface area contributed by atoms with Crippen molar-refractivity contribution in [1.29, 1.82) is 5.26 Å². The molecule has 3 rings (SSSR count). The highest BCUT2D eigenvalue weighted by atomic mass is 19.3. The number of benzene rings is 3. The van der Waals surface area contributed by atoms with Crippen molar-refractivity contribution >= 4 is 28.4 Å². The number of alkyl halides is 2. The van der Waals surface area contributed by atoms with Crippen molar-refractivity contribution in [3.63, 3.8) is 0 Å². The molecule has 3 aromatic rings. The van der Waals surface area contributed by atoms with Crippen LogP contribution < -0.4 is 10.1 Å². The standard InChI is InChI=1S/C21H13F3N2O2/c22-17-7-3-4-8-18(17)26-20(27)14(12-25)11-16-15-6-2-1-5-13(15)9-10-19(16)28-21(23)24/h1-11,21H,(H,26,27)/b14-11+. The first-order chi connectivity index (χ1) is 13.5. The number of nitrogens with one attached hydrogen (secondary N) is 1. The van der Waals surface area contributed by atoms with Crippen molar-refractivity contribution in [2.24, 2.45) is 0 Å². The molecule has 140 valence electrons. The number of anilines is 1. The maximum atomic E-state index is 13.7. The highest BCUT2D eigenvalue weighted by Crippen LogP contribution is 2.31. The zero-order chi connectivity index (χ0) is 20.1. The normalized spacial score (nSPS) is 11.3. The molecule has 3 aromatic carbocycles. The van der Waals surface area contributed by atoms with E-state index >= 15 is 0 Å². The Kier molecular flexibility index (Phi) is 5.61. The van der Waals surface area contributed by atoms with E-state index in [-0.39, 0.29) is 17.0 Å². The van der Waals surface area contributed by atoms with Crippen LogP contribution in [0.4, 0.5) is 18.9 Å². The van der Waals surface area contributed by atoms with Gasteiger partial charge in [-0.25, -0.2) is 4.39 Å². The SMILES string of the molecule is N#C/C(=C\c1c(OC(F)F)ccc2ccccc12)C(=O)Nc1ccccc1F. The van der Waals surface area contributed by atoms with Gasteiger partial charge in [0.25, 0.3) is 5.91 Å². The van der Waals surface area contributed by atoms with Gasteiger partial charge in [0.1, 0.15) is 23.2 Å². The highest BCUT2D eigenvalue weighted by molar-refractivity contribution is 6.11. The van der Waals surface area contributed by atoms with Gasteiger partial charge in [-0.05, 0) is 35.0 Å². The minimum Gasteiger partial charge on any atom is -0.434 e. The molecule has 0 fully saturated rings. The highest BCUT2D eigenvalue weighted by Gasteiger charge is 2.16. The zero-order valence-corrected chi connectivity index (χ0v) is 14.3. The summed E-state index contributed by atoms with van der Waals surface area (Å²) < 4.78 is 43.8. The minimum absolute atomic E-state index is 0.101. The maximum absolute atomic E-state index is 13.7. The number of carbonyl (C=O) groups excluding carboxylic acids is 1. The van der Waals surface area contributed by atoms with Crippen molar-refractivity contribution in [2.75, 3.05) is 5.32 Å². The van der Waals surface area contributed by atoms with Crippen LogP contribution in [0, 0.1) is 17.1 Å². The maximum Gasteiger partial charge on any atom is 0.387 e. The lowest BCUT2D eigenvalue weighted by Crippen LogP contribution is -2.14. The second kappa shape index (κ2) is 8.27. The zero-order valence-electron chi connectivity index (χ0n) is 14.3. The minimum atomic E-state index is -3.08. The molecule has 0 heterocycles. The van der Waals surface area contributed by atoms with E-state index in [1.165, 1.54) is 24.3 Å². The topological polar surface area (TPSA) is 62.1 Å². The van der Waals surface area contributed by atoms with Gasteiger partial charge in [0, 0.05) is 5.56 Å². The molecule has 0 saturated heterocycles. The summed E-state index contributed by atoms with van der Waals surface area (Å²) in [5.41, 5.74) is -0.340. The monoisotopic (exact) mass is 382 g/mol. The van der Waals surface area contributed by atoms with Crippen molar-refractivity contribution < 1.29 is 22.7 Å². The Morgan fingerprint density at radius 2 is 1.79 bits per heavy atom. The lowest BCUT2D eigenvalue weighted by Gasteiger charge is -2.12. The molecule has 0 atom stereocenters. The molecule has 1 amide bonds. The summed E-state index contributed by atoms with van der Waals surface area (Å²) in [4.78, 5) is 12.4. The van der Waals surface area contributed by atoms with Crippen LogP contribution in [0.5, 0.6) is 5.75 Å². The quantitative estimate of drug-likeness (QED) is 0.492. The first kappa shape index (κ1) is 19.0.